The molecule has 0 aliphatic carbocycles. The summed E-state index contributed by atoms with van der Waals surface area (Å²) in [4.78, 5) is 29.5. The van der Waals surface area contributed by atoms with E-state index in [-0.39, 0.29) is 29.8 Å². The summed E-state index contributed by atoms with van der Waals surface area (Å²) in [5, 5.41) is 3.42. The Bertz CT molecular complexity index is 1120. The van der Waals surface area contributed by atoms with Crippen molar-refractivity contribution in [3.63, 3.8) is 0 Å². The van der Waals surface area contributed by atoms with Gasteiger partial charge in [0.2, 0.25) is 5.91 Å². The van der Waals surface area contributed by atoms with Crippen molar-refractivity contribution in [2.24, 2.45) is 0 Å². The molecule has 0 radical (unpaired) electrons. The maximum Gasteiger partial charge on any atom is 0.261 e. The number of fused-ring (bicyclic) bond motifs is 1. The lowest BCUT2D eigenvalue weighted by Crippen LogP contribution is -2.24. The fraction of sp³-hybridized carbons (Fsp3) is 0.318. The van der Waals surface area contributed by atoms with Crippen LogP contribution in [0.2, 0.25) is 0 Å². The molecule has 1 N–H and O–H groups in total. The number of carbonyl (C=O) groups excluding carboxylic acids is 1. The molecule has 1 aromatic heterocycles. The third-order valence-electron chi connectivity index (χ3n) is 4.71. The van der Waals surface area contributed by atoms with Crippen LogP contribution in [0, 0.1) is 0 Å². The molecular formula is C22H24BrN3O3. The van der Waals surface area contributed by atoms with E-state index in [1.54, 1.807) is 19.2 Å². The third kappa shape index (κ3) is 4.85. The normalized spacial score (nSPS) is 11.5. The lowest BCUT2D eigenvalue weighted by molar-refractivity contribution is -0.116. The molecule has 0 spiro atoms. The number of methoxy groups -OCH3 is 1. The van der Waals surface area contributed by atoms with Crippen LogP contribution in [-0.2, 0) is 16.8 Å². The average molecular weight is 458 g/mol. The summed E-state index contributed by atoms with van der Waals surface area (Å²) in [6.07, 6.45) is 1.62. The van der Waals surface area contributed by atoms with E-state index in [0.29, 0.717) is 22.3 Å². The van der Waals surface area contributed by atoms with Crippen LogP contribution in [0.3, 0.4) is 0 Å². The summed E-state index contributed by atoms with van der Waals surface area (Å²) in [5.74, 6) is 0.399. The van der Waals surface area contributed by atoms with Gasteiger partial charge in [0.05, 0.1) is 30.0 Å². The van der Waals surface area contributed by atoms with Gasteiger partial charge in [0, 0.05) is 17.4 Å². The lowest BCUT2D eigenvalue weighted by atomic mass is 9.87. The molecule has 0 unspecified atom stereocenters. The van der Waals surface area contributed by atoms with Gasteiger partial charge in [-0.05, 0) is 41.3 Å². The van der Waals surface area contributed by atoms with Crippen molar-refractivity contribution in [3.8, 4) is 5.75 Å². The first-order valence-electron chi connectivity index (χ1n) is 9.32. The van der Waals surface area contributed by atoms with E-state index in [4.69, 9.17) is 4.74 Å². The number of benzene rings is 2. The van der Waals surface area contributed by atoms with E-state index >= 15 is 0 Å². The zero-order chi connectivity index (χ0) is 21.2. The van der Waals surface area contributed by atoms with Crippen molar-refractivity contribution in [2.45, 2.75) is 39.2 Å². The molecule has 0 saturated carbocycles. The highest BCUT2D eigenvalue weighted by molar-refractivity contribution is 9.10. The maximum atomic E-state index is 12.7. The van der Waals surface area contributed by atoms with E-state index < -0.39 is 0 Å². The standard InChI is InChI=1S/C22H24BrN3O3/c1-22(2,3)14-5-8-19(29-4)18(11-14)25-20(27)9-10-26-13-24-17-7-6-15(23)12-16(17)21(26)28/h5-8,11-13H,9-10H2,1-4H3,(H,25,27). The second kappa shape index (κ2) is 8.37. The zero-order valence-electron chi connectivity index (χ0n) is 17.0. The Kier molecular flexibility index (Phi) is 6.07. The van der Waals surface area contributed by atoms with Gasteiger partial charge in [-0.25, -0.2) is 4.98 Å². The van der Waals surface area contributed by atoms with Crippen LogP contribution >= 0.6 is 15.9 Å². The van der Waals surface area contributed by atoms with Crippen LogP contribution in [0.5, 0.6) is 5.75 Å². The molecule has 0 bridgehead atoms. The molecule has 0 fully saturated rings. The van der Waals surface area contributed by atoms with Gasteiger partial charge in [0.1, 0.15) is 5.75 Å². The largest absolute Gasteiger partial charge is 0.495 e. The summed E-state index contributed by atoms with van der Waals surface area (Å²) >= 11 is 3.37. The van der Waals surface area contributed by atoms with E-state index in [2.05, 4.69) is 47.0 Å². The maximum absolute atomic E-state index is 12.7. The summed E-state index contributed by atoms with van der Waals surface area (Å²) < 4.78 is 7.64. The molecule has 0 atom stereocenters. The van der Waals surface area contributed by atoms with Gasteiger partial charge in [-0.3, -0.25) is 14.2 Å². The Labute approximate surface area is 178 Å². The summed E-state index contributed by atoms with van der Waals surface area (Å²) in [5.41, 5.74) is 2.12. The quantitative estimate of drug-likeness (QED) is 0.612. The number of nitrogens with zero attached hydrogens (tertiary/aromatic N) is 2. The molecule has 0 saturated heterocycles. The number of hydrogen-bond donors (Lipinski definition) is 1. The van der Waals surface area contributed by atoms with Gasteiger partial charge in [0.15, 0.2) is 0 Å². The molecule has 152 valence electrons. The van der Waals surface area contributed by atoms with Crippen LogP contribution in [-0.4, -0.2) is 22.6 Å². The Morgan fingerprint density at radius 2 is 1.97 bits per heavy atom. The molecule has 0 aliphatic rings. The Hall–Kier alpha value is -2.67. The fourth-order valence-electron chi connectivity index (χ4n) is 3.00. The first-order chi connectivity index (χ1) is 13.7. The minimum atomic E-state index is -0.199. The highest BCUT2D eigenvalue weighted by atomic mass is 79.9. The van der Waals surface area contributed by atoms with Crippen molar-refractivity contribution in [2.75, 3.05) is 12.4 Å². The summed E-state index contributed by atoms with van der Waals surface area (Å²) in [7, 11) is 1.57. The number of ether oxygens (including phenoxy) is 1. The smallest absolute Gasteiger partial charge is 0.261 e. The molecule has 0 aliphatic heterocycles. The van der Waals surface area contributed by atoms with Crippen LogP contribution < -0.4 is 15.6 Å². The second-order valence-corrected chi connectivity index (χ2v) is 8.78. The van der Waals surface area contributed by atoms with Crippen molar-refractivity contribution in [1.82, 2.24) is 9.55 Å². The molecule has 1 heterocycles. The first-order valence-corrected chi connectivity index (χ1v) is 10.1. The lowest BCUT2D eigenvalue weighted by Gasteiger charge is -2.21. The van der Waals surface area contributed by atoms with Gasteiger partial charge in [-0.15, -0.1) is 0 Å². The number of nitrogens with one attached hydrogen (secondary N) is 1. The number of anilines is 1. The van der Waals surface area contributed by atoms with Gasteiger partial charge < -0.3 is 10.1 Å². The molecule has 29 heavy (non-hydrogen) atoms. The highest BCUT2D eigenvalue weighted by Gasteiger charge is 2.17. The number of amides is 1. The van der Waals surface area contributed by atoms with E-state index in [0.717, 1.165) is 10.0 Å². The number of carbonyl (C=O) groups is 1. The van der Waals surface area contributed by atoms with Crippen LogP contribution in [0.15, 0.2) is 52.0 Å². The average Bonchev–Trinajstić information content (AvgIpc) is 2.67. The van der Waals surface area contributed by atoms with Crippen LogP contribution in [0.4, 0.5) is 5.69 Å². The van der Waals surface area contributed by atoms with E-state index in [9.17, 15) is 9.59 Å². The molecule has 7 heteroatoms. The number of aromatic nitrogens is 2. The minimum Gasteiger partial charge on any atom is -0.495 e. The Morgan fingerprint density at radius 1 is 1.21 bits per heavy atom. The third-order valence-corrected chi connectivity index (χ3v) is 5.20. The van der Waals surface area contributed by atoms with Crippen molar-refractivity contribution >= 4 is 38.4 Å². The number of hydrogen-bond acceptors (Lipinski definition) is 4. The highest BCUT2D eigenvalue weighted by Crippen LogP contribution is 2.31. The van der Waals surface area contributed by atoms with Gasteiger partial charge in [-0.2, -0.15) is 0 Å². The summed E-state index contributed by atoms with van der Waals surface area (Å²) in [6.45, 7) is 6.56. The van der Waals surface area contributed by atoms with Gasteiger partial charge >= 0.3 is 0 Å². The molecular weight excluding hydrogens is 434 g/mol. The Balaban J connectivity index is 1.76. The Morgan fingerprint density at radius 3 is 2.66 bits per heavy atom. The predicted octanol–water partition coefficient (Wildman–Crippen LogP) is 4.49. The van der Waals surface area contributed by atoms with Crippen LogP contribution in [0.1, 0.15) is 32.8 Å². The van der Waals surface area contributed by atoms with Crippen molar-refractivity contribution < 1.29 is 9.53 Å². The first kappa shape index (κ1) is 21.0. The second-order valence-electron chi connectivity index (χ2n) is 7.87. The van der Waals surface area contributed by atoms with Crippen molar-refractivity contribution in [3.05, 3.63) is 63.1 Å². The molecule has 1 amide bonds. The van der Waals surface area contributed by atoms with E-state index in [1.165, 1.54) is 10.9 Å². The van der Waals surface area contributed by atoms with Gasteiger partial charge in [-0.1, -0.05) is 42.8 Å². The molecule has 3 aromatic rings. The van der Waals surface area contributed by atoms with Crippen molar-refractivity contribution in [1.29, 1.82) is 0 Å². The van der Waals surface area contributed by atoms with Gasteiger partial charge in [0.25, 0.3) is 5.56 Å². The summed E-state index contributed by atoms with van der Waals surface area (Å²) in [6, 6.07) is 11.1. The molecule has 2 aromatic carbocycles. The van der Waals surface area contributed by atoms with E-state index in [1.807, 2.05) is 24.3 Å². The molecule has 3 rings (SSSR count). The molecule has 6 nitrogen and oxygen atoms in total. The zero-order valence-corrected chi connectivity index (χ0v) is 18.5. The number of aryl methyl sites for hydroxylation is 1. The fourth-order valence-corrected chi connectivity index (χ4v) is 3.36. The number of rotatable bonds is 5. The minimum absolute atomic E-state index is 0.0515. The topological polar surface area (TPSA) is 73.2 Å². The SMILES string of the molecule is COc1ccc(C(C)(C)C)cc1NC(=O)CCn1cnc2ccc(Br)cc2c1=O. The van der Waals surface area contributed by atoms with Crippen LogP contribution in [0.25, 0.3) is 10.9 Å². The number of halogens is 1. The monoisotopic (exact) mass is 457 g/mol. The predicted molar refractivity (Wildman–Crippen MR) is 119 cm³/mol.